The van der Waals surface area contributed by atoms with E-state index < -0.39 is 124 Å². The van der Waals surface area contributed by atoms with Crippen molar-refractivity contribution >= 4 is 5.91 Å². The van der Waals surface area contributed by atoms with E-state index in [1.165, 1.54) is 32.1 Å². The van der Waals surface area contributed by atoms with Crippen molar-refractivity contribution in [1.29, 1.82) is 0 Å². The first-order chi connectivity index (χ1) is 41.8. The number of allylic oxidation sites excluding steroid dienone is 19. The summed E-state index contributed by atoms with van der Waals surface area (Å²) in [6.07, 6.45) is 37.6. The van der Waals surface area contributed by atoms with Gasteiger partial charge >= 0.3 is 0 Å². The third-order valence-electron chi connectivity index (χ3n) is 15.0. The number of carbonyl (C=O) groups is 1. The van der Waals surface area contributed by atoms with Gasteiger partial charge < -0.3 is 89.9 Å². The fourth-order valence-corrected chi connectivity index (χ4v) is 9.81. The highest BCUT2D eigenvalue weighted by Crippen LogP contribution is 2.33. The van der Waals surface area contributed by atoms with E-state index in [1.807, 2.05) is 6.08 Å². The molecule has 0 aromatic rings. The normalized spacial score (nSPS) is 29.6. The van der Waals surface area contributed by atoms with Gasteiger partial charge in [0.2, 0.25) is 5.91 Å². The van der Waals surface area contributed by atoms with E-state index in [9.17, 15) is 61.0 Å². The summed E-state index contributed by atoms with van der Waals surface area (Å²) >= 11 is 0. The lowest BCUT2D eigenvalue weighted by atomic mass is 9.96. The molecular weight excluding hydrogens is 1110 g/mol. The van der Waals surface area contributed by atoms with Gasteiger partial charge in [-0.25, -0.2) is 0 Å². The zero-order valence-electron chi connectivity index (χ0n) is 51.2. The fourth-order valence-electron chi connectivity index (χ4n) is 9.81. The molecule has 19 nitrogen and oxygen atoms in total. The molecule has 86 heavy (non-hydrogen) atoms. The van der Waals surface area contributed by atoms with E-state index >= 15 is 0 Å². The van der Waals surface area contributed by atoms with Crippen LogP contribution in [0.4, 0.5) is 0 Å². The Morgan fingerprint density at radius 3 is 1.30 bits per heavy atom. The van der Waals surface area contributed by atoms with Crippen LogP contribution in [0.1, 0.15) is 162 Å². The average Bonchev–Trinajstić information content (AvgIpc) is 2.62. The summed E-state index contributed by atoms with van der Waals surface area (Å²) in [5.41, 5.74) is 0. The van der Waals surface area contributed by atoms with Crippen molar-refractivity contribution in [3.8, 4) is 0 Å². The number of aliphatic hydroxyl groups excluding tert-OH is 11. The van der Waals surface area contributed by atoms with Gasteiger partial charge in [0.05, 0.1) is 38.6 Å². The molecule has 0 aromatic heterocycles. The SMILES string of the molecule is CC/C=C\C/C=C\C/C=C\C/C=C\C/C=C\C/C=C\C/C=C\C/C=C\CCCCCCC(=O)NC(COC1OC(CO)C(OC2OC(CO)C(OC3OC(CO)C(O)C(O)C3O)C(O)C2O)C(O)C1O)C(O)/C=C/CC/C=C/CCCCCCCC. The summed E-state index contributed by atoms with van der Waals surface area (Å²) in [5.74, 6) is -0.318. The molecule has 0 aromatic carbocycles. The van der Waals surface area contributed by atoms with Gasteiger partial charge in [0.1, 0.15) is 73.2 Å². The maximum Gasteiger partial charge on any atom is 0.220 e. The van der Waals surface area contributed by atoms with Gasteiger partial charge in [0, 0.05) is 6.42 Å². The lowest BCUT2D eigenvalue weighted by Crippen LogP contribution is -2.66. The van der Waals surface area contributed by atoms with Crippen LogP contribution in [0.3, 0.4) is 0 Å². The van der Waals surface area contributed by atoms with Crippen molar-refractivity contribution in [3.05, 3.63) is 122 Å². The van der Waals surface area contributed by atoms with E-state index in [0.717, 1.165) is 96.3 Å². The van der Waals surface area contributed by atoms with Crippen molar-refractivity contribution in [3.63, 3.8) is 0 Å². The van der Waals surface area contributed by atoms with Crippen LogP contribution >= 0.6 is 0 Å². The first-order valence-corrected chi connectivity index (χ1v) is 31.8. The van der Waals surface area contributed by atoms with Crippen molar-refractivity contribution in [2.24, 2.45) is 0 Å². The molecule has 1 amide bonds. The third-order valence-corrected chi connectivity index (χ3v) is 15.0. The van der Waals surface area contributed by atoms with Crippen molar-refractivity contribution in [1.82, 2.24) is 5.32 Å². The Kier molecular flexibility index (Phi) is 42.7. The molecule has 3 rings (SSSR count). The van der Waals surface area contributed by atoms with Gasteiger partial charge in [0.25, 0.3) is 0 Å². The highest BCUT2D eigenvalue weighted by atomic mass is 16.8. The molecule has 19 heteroatoms. The van der Waals surface area contributed by atoms with E-state index in [1.54, 1.807) is 6.08 Å². The molecule has 0 aliphatic carbocycles. The molecule has 3 aliphatic rings. The van der Waals surface area contributed by atoms with E-state index in [0.29, 0.717) is 12.8 Å². The predicted octanol–water partition coefficient (Wildman–Crippen LogP) is 6.87. The molecular formula is C67H109NO18. The Bertz CT molecular complexity index is 2030. The Hall–Kier alpha value is -3.81. The van der Waals surface area contributed by atoms with E-state index in [2.05, 4.69) is 129 Å². The van der Waals surface area contributed by atoms with Crippen LogP contribution in [0.25, 0.3) is 0 Å². The van der Waals surface area contributed by atoms with Crippen LogP contribution in [-0.2, 0) is 33.2 Å². The Morgan fingerprint density at radius 2 is 0.814 bits per heavy atom. The minimum atomic E-state index is -1.99. The standard InChI is InChI=1S/C67H109NO18/c1-3-5-7-9-11-13-15-17-18-19-20-21-22-23-24-25-26-27-28-29-30-31-32-33-35-37-39-41-43-45-55(73)68-50(51(72)44-42-40-38-36-34-16-14-12-10-8-6-4-2)49-81-65-61(79)58(76)63(53(47-70)83-65)86-67-62(80)59(77)64(54(48-71)84-67)85-66-60(78)57(75)56(74)52(46-69)82-66/h5,7,11,13,17-18,20-21,23-24,26-27,29-30,32-34,36,42,44,50-54,56-67,69-72,74-80H,3-4,6,8-10,12,14-16,19,22,25,28,31,35,37-41,43,45-49H2,1-2H3,(H,68,73)/b7-5-,13-11-,18-17-,21-20-,24-23-,27-26-,30-29-,33-32-,36-34+,44-42+. The van der Waals surface area contributed by atoms with E-state index in [4.69, 9.17) is 28.4 Å². The molecule has 17 unspecified atom stereocenters. The number of aliphatic hydroxyl groups is 11. The van der Waals surface area contributed by atoms with Crippen molar-refractivity contribution in [2.75, 3.05) is 26.4 Å². The quantitative estimate of drug-likeness (QED) is 0.0219. The molecule has 3 fully saturated rings. The molecule has 490 valence electrons. The summed E-state index contributed by atoms with van der Waals surface area (Å²) in [4.78, 5) is 13.3. The molecule has 3 saturated heterocycles. The molecule has 3 heterocycles. The molecule has 0 spiro atoms. The fraction of sp³-hybridized carbons (Fsp3) is 0.687. The molecule has 0 saturated carbocycles. The lowest BCUT2D eigenvalue weighted by molar-refractivity contribution is -0.379. The second-order valence-corrected chi connectivity index (χ2v) is 22.1. The van der Waals surface area contributed by atoms with Crippen molar-refractivity contribution < 1.29 is 89.4 Å². The van der Waals surface area contributed by atoms with Gasteiger partial charge in [-0.3, -0.25) is 4.79 Å². The zero-order chi connectivity index (χ0) is 62.6. The largest absolute Gasteiger partial charge is 0.394 e. The lowest BCUT2D eigenvalue weighted by Gasteiger charge is -2.48. The summed E-state index contributed by atoms with van der Waals surface area (Å²) in [5, 5.41) is 120. The number of hydrogen-bond donors (Lipinski definition) is 12. The molecule has 12 N–H and O–H groups in total. The smallest absolute Gasteiger partial charge is 0.220 e. The summed E-state index contributed by atoms with van der Waals surface area (Å²) in [6.45, 7) is 1.51. The van der Waals surface area contributed by atoms with E-state index in [-0.39, 0.29) is 18.9 Å². The molecule has 0 radical (unpaired) electrons. The van der Waals surface area contributed by atoms with Crippen molar-refractivity contribution in [2.45, 2.75) is 266 Å². The number of nitrogens with one attached hydrogen (secondary N) is 1. The number of rotatable bonds is 45. The minimum Gasteiger partial charge on any atom is -0.394 e. The van der Waals surface area contributed by atoms with Gasteiger partial charge in [-0.1, -0.05) is 180 Å². The predicted molar refractivity (Wildman–Crippen MR) is 332 cm³/mol. The first-order valence-electron chi connectivity index (χ1n) is 31.8. The summed E-state index contributed by atoms with van der Waals surface area (Å²) in [7, 11) is 0. The second kappa shape index (κ2) is 48.1. The van der Waals surface area contributed by atoms with Gasteiger partial charge in [-0.2, -0.15) is 0 Å². The Morgan fingerprint density at radius 1 is 0.430 bits per heavy atom. The number of unbranched alkanes of at least 4 members (excludes halogenated alkanes) is 11. The Balaban J connectivity index is 1.45. The second-order valence-electron chi connectivity index (χ2n) is 22.1. The maximum atomic E-state index is 13.3. The number of amides is 1. The number of carbonyl (C=O) groups excluding carboxylic acids is 1. The maximum absolute atomic E-state index is 13.3. The van der Waals surface area contributed by atoms with Crippen LogP contribution < -0.4 is 5.32 Å². The molecule has 0 bridgehead atoms. The van der Waals surface area contributed by atoms with Gasteiger partial charge in [0.15, 0.2) is 18.9 Å². The molecule has 17 atom stereocenters. The average molecular weight is 1220 g/mol. The van der Waals surface area contributed by atoms with Gasteiger partial charge in [-0.15, -0.1) is 0 Å². The minimum absolute atomic E-state index is 0.197. The van der Waals surface area contributed by atoms with Crippen LogP contribution in [0, 0.1) is 0 Å². The Labute approximate surface area is 512 Å². The molecule has 3 aliphatic heterocycles. The zero-order valence-corrected chi connectivity index (χ0v) is 51.2. The summed E-state index contributed by atoms with van der Waals surface area (Å²) < 4.78 is 34.2. The topological polar surface area (TPSA) is 307 Å². The van der Waals surface area contributed by atoms with Crippen LogP contribution in [-0.4, -0.2) is 193 Å². The highest BCUT2D eigenvalue weighted by Gasteiger charge is 2.53. The van der Waals surface area contributed by atoms with Gasteiger partial charge in [-0.05, 0) is 96.3 Å². The number of hydrogen-bond acceptors (Lipinski definition) is 18. The van der Waals surface area contributed by atoms with Crippen LogP contribution in [0.15, 0.2) is 122 Å². The summed E-state index contributed by atoms with van der Waals surface area (Å²) in [6, 6.07) is -1.01. The van der Waals surface area contributed by atoms with Crippen LogP contribution in [0.5, 0.6) is 0 Å². The third kappa shape index (κ3) is 30.6. The highest BCUT2D eigenvalue weighted by molar-refractivity contribution is 5.76. The monoisotopic (exact) mass is 1220 g/mol. The van der Waals surface area contributed by atoms with Crippen LogP contribution in [0.2, 0.25) is 0 Å². The number of ether oxygens (including phenoxy) is 6. The first kappa shape index (κ1) is 76.4.